The number of amides is 2. The minimum Gasteiger partial charge on any atom is -0.485 e. The third kappa shape index (κ3) is 4.75. The van der Waals surface area contributed by atoms with Gasteiger partial charge in [0.2, 0.25) is 11.8 Å². The highest BCUT2D eigenvalue weighted by atomic mass is 19.1. The Kier molecular flexibility index (Phi) is 6.34. The summed E-state index contributed by atoms with van der Waals surface area (Å²) in [6.07, 6.45) is 1.75. The van der Waals surface area contributed by atoms with E-state index >= 15 is 0 Å². The molecule has 3 rings (SSSR count). The molecule has 2 amide bonds. The molecule has 160 valence electrons. The Bertz CT molecular complexity index is 977. The van der Waals surface area contributed by atoms with Gasteiger partial charge in [0.25, 0.3) is 0 Å². The van der Waals surface area contributed by atoms with Crippen LogP contribution in [0.15, 0.2) is 18.3 Å². The van der Waals surface area contributed by atoms with E-state index < -0.39 is 11.9 Å². The number of aromatic nitrogens is 2. The van der Waals surface area contributed by atoms with Gasteiger partial charge in [-0.05, 0) is 31.9 Å². The predicted molar refractivity (Wildman–Crippen MR) is 110 cm³/mol. The Morgan fingerprint density at radius 1 is 1.30 bits per heavy atom. The second kappa shape index (κ2) is 8.77. The summed E-state index contributed by atoms with van der Waals surface area (Å²) in [4.78, 5) is 32.6. The molecule has 1 aromatic heterocycles. The molecule has 1 aromatic carbocycles. The van der Waals surface area contributed by atoms with E-state index in [1.54, 1.807) is 6.20 Å². The fourth-order valence-corrected chi connectivity index (χ4v) is 3.53. The molecule has 1 aliphatic heterocycles. The minimum absolute atomic E-state index is 0.0609. The van der Waals surface area contributed by atoms with E-state index in [1.165, 1.54) is 13.0 Å². The van der Waals surface area contributed by atoms with Gasteiger partial charge in [-0.15, -0.1) is 0 Å². The lowest BCUT2D eigenvalue weighted by atomic mass is 10.0. The Morgan fingerprint density at radius 2 is 2.03 bits per heavy atom. The van der Waals surface area contributed by atoms with E-state index in [4.69, 9.17) is 4.74 Å². The van der Waals surface area contributed by atoms with Gasteiger partial charge in [0.15, 0.2) is 11.6 Å². The van der Waals surface area contributed by atoms with Crippen LogP contribution in [0.2, 0.25) is 0 Å². The summed E-state index contributed by atoms with van der Waals surface area (Å²) in [5.74, 6) is -0.866. The van der Waals surface area contributed by atoms with E-state index in [0.717, 1.165) is 17.0 Å². The van der Waals surface area contributed by atoms with Gasteiger partial charge in [-0.1, -0.05) is 13.8 Å². The number of nitrogens with one attached hydrogen (secondary N) is 2. The molecule has 0 bridgehead atoms. The number of fused-ring (bicyclic) bond motifs is 1. The molecule has 0 fully saturated rings. The van der Waals surface area contributed by atoms with Crippen LogP contribution in [0.5, 0.6) is 5.75 Å². The number of ether oxygens (including phenoxy) is 1. The predicted octanol–water partition coefficient (Wildman–Crippen LogP) is 2.48. The van der Waals surface area contributed by atoms with Crippen LogP contribution in [-0.4, -0.2) is 40.5 Å². The number of hydrogen-bond acceptors (Lipinski definition) is 5. The van der Waals surface area contributed by atoms with Crippen molar-refractivity contribution in [3.05, 3.63) is 41.1 Å². The molecule has 7 nitrogen and oxygen atoms in total. The lowest BCUT2D eigenvalue weighted by Crippen LogP contribution is -2.50. The van der Waals surface area contributed by atoms with Crippen molar-refractivity contribution >= 4 is 11.8 Å². The van der Waals surface area contributed by atoms with Gasteiger partial charge in [-0.2, -0.15) is 0 Å². The smallest absolute Gasteiger partial charge is 0.242 e. The molecule has 0 saturated carbocycles. The maximum atomic E-state index is 14.7. The van der Waals surface area contributed by atoms with Crippen molar-refractivity contribution < 1.29 is 18.7 Å². The summed E-state index contributed by atoms with van der Waals surface area (Å²) in [7, 11) is 0. The standard InChI is InChI=1S/C22H27FN4O3/c1-11(2)19(27-14(5)28)22(29)25-10-17-7-16-6-15(8-18(23)21(16)30-17)20-13(4)24-9-12(3)26-20/h6,8-9,11,17,19H,7,10H2,1-5H3,(H,25,29)(H,27,28)/t17-,19+/m1/s1. The van der Waals surface area contributed by atoms with Crippen LogP contribution in [0.1, 0.15) is 37.7 Å². The zero-order chi connectivity index (χ0) is 22.0. The summed E-state index contributed by atoms with van der Waals surface area (Å²) in [5, 5.41) is 5.46. The zero-order valence-corrected chi connectivity index (χ0v) is 17.9. The van der Waals surface area contributed by atoms with Gasteiger partial charge in [0, 0.05) is 30.7 Å². The molecular weight excluding hydrogens is 387 g/mol. The van der Waals surface area contributed by atoms with Gasteiger partial charge in [-0.3, -0.25) is 14.6 Å². The van der Waals surface area contributed by atoms with Crippen molar-refractivity contribution in [2.45, 2.75) is 53.2 Å². The zero-order valence-electron chi connectivity index (χ0n) is 17.9. The average molecular weight is 414 g/mol. The number of hydrogen-bond donors (Lipinski definition) is 2. The average Bonchev–Trinajstić information content (AvgIpc) is 3.09. The van der Waals surface area contributed by atoms with Crippen LogP contribution in [0.4, 0.5) is 4.39 Å². The van der Waals surface area contributed by atoms with E-state index in [0.29, 0.717) is 17.7 Å². The molecule has 2 atom stereocenters. The summed E-state index contributed by atoms with van der Waals surface area (Å²) in [6, 6.07) is 2.64. The van der Waals surface area contributed by atoms with Crippen molar-refractivity contribution in [2.75, 3.05) is 6.54 Å². The minimum atomic E-state index is -0.627. The van der Waals surface area contributed by atoms with Crippen molar-refractivity contribution in [2.24, 2.45) is 5.92 Å². The molecule has 0 spiro atoms. The number of nitrogens with zero attached hydrogens (tertiary/aromatic N) is 2. The third-order valence-electron chi connectivity index (χ3n) is 5.01. The first-order chi connectivity index (χ1) is 14.2. The largest absolute Gasteiger partial charge is 0.485 e. The molecular formula is C22H27FN4O3. The summed E-state index contributed by atoms with van der Waals surface area (Å²) in [6.45, 7) is 8.98. The molecule has 2 aromatic rings. The highest BCUT2D eigenvalue weighted by Gasteiger charge is 2.29. The number of carbonyl (C=O) groups is 2. The van der Waals surface area contributed by atoms with Crippen molar-refractivity contribution in [1.29, 1.82) is 0 Å². The Hall–Kier alpha value is -3.03. The van der Waals surface area contributed by atoms with Gasteiger partial charge in [0.05, 0.1) is 23.6 Å². The van der Waals surface area contributed by atoms with E-state index in [9.17, 15) is 14.0 Å². The van der Waals surface area contributed by atoms with Crippen LogP contribution in [0.25, 0.3) is 11.3 Å². The lowest BCUT2D eigenvalue weighted by Gasteiger charge is -2.22. The molecule has 0 aliphatic carbocycles. The van der Waals surface area contributed by atoms with Crippen LogP contribution >= 0.6 is 0 Å². The van der Waals surface area contributed by atoms with Gasteiger partial charge >= 0.3 is 0 Å². The van der Waals surface area contributed by atoms with Crippen LogP contribution in [0.3, 0.4) is 0 Å². The normalized spacial score (nSPS) is 16.0. The number of aryl methyl sites for hydroxylation is 2. The number of benzene rings is 1. The maximum Gasteiger partial charge on any atom is 0.242 e. The topological polar surface area (TPSA) is 93.2 Å². The highest BCUT2D eigenvalue weighted by molar-refractivity contribution is 5.87. The summed E-state index contributed by atoms with van der Waals surface area (Å²) >= 11 is 0. The molecule has 2 N–H and O–H groups in total. The van der Waals surface area contributed by atoms with Crippen LogP contribution in [0, 0.1) is 25.6 Å². The second-order valence-electron chi connectivity index (χ2n) is 8.00. The third-order valence-corrected chi connectivity index (χ3v) is 5.01. The van der Waals surface area contributed by atoms with E-state index in [-0.39, 0.29) is 36.1 Å². The molecule has 0 saturated heterocycles. The molecule has 30 heavy (non-hydrogen) atoms. The maximum absolute atomic E-state index is 14.7. The molecule has 0 unspecified atom stereocenters. The first-order valence-electron chi connectivity index (χ1n) is 10.00. The monoisotopic (exact) mass is 414 g/mol. The van der Waals surface area contributed by atoms with Crippen LogP contribution in [-0.2, 0) is 16.0 Å². The van der Waals surface area contributed by atoms with Gasteiger partial charge in [0.1, 0.15) is 12.1 Å². The number of carbonyl (C=O) groups excluding carboxylic acids is 2. The molecule has 1 aliphatic rings. The molecule has 8 heteroatoms. The summed E-state index contributed by atoms with van der Waals surface area (Å²) < 4.78 is 20.5. The molecule has 0 radical (unpaired) electrons. The van der Waals surface area contributed by atoms with Crippen molar-refractivity contribution in [3.63, 3.8) is 0 Å². The first kappa shape index (κ1) is 21.7. The Labute approximate surface area is 175 Å². The van der Waals surface area contributed by atoms with Gasteiger partial charge in [-0.25, -0.2) is 9.37 Å². The van der Waals surface area contributed by atoms with Crippen molar-refractivity contribution in [3.8, 4) is 17.0 Å². The Morgan fingerprint density at radius 3 is 2.70 bits per heavy atom. The fourth-order valence-electron chi connectivity index (χ4n) is 3.53. The number of rotatable bonds is 6. The first-order valence-corrected chi connectivity index (χ1v) is 10.00. The lowest BCUT2D eigenvalue weighted by molar-refractivity contribution is -0.129. The van der Waals surface area contributed by atoms with E-state index in [2.05, 4.69) is 20.6 Å². The van der Waals surface area contributed by atoms with Crippen molar-refractivity contribution in [1.82, 2.24) is 20.6 Å². The quantitative estimate of drug-likeness (QED) is 0.758. The van der Waals surface area contributed by atoms with E-state index in [1.807, 2.05) is 33.8 Å². The highest BCUT2D eigenvalue weighted by Crippen LogP contribution is 2.35. The van der Waals surface area contributed by atoms with Crippen LogP contribution < -0.4 is 15.4 Å². The Balaban J connectivity index is 1.71. The van der Waals surface area contributed by atoms with Gasteiger partial charge < -0.3 is 15.4 Å². The fraction of sp³-hybridized carbons (Fsp3) is 0.455. The number of halogens is 1. The SMILES string of the molecule is CC(=O)N[C@H](C(=O)NC[C@H]1Cc2cc(-c3nc(C)cnc3C)cc(F)c2O1)C(C)C. The molecule has 2 heterocycles. The summed E-state index contributed by atoms with van der Waals surface area (Å²) in [5.41, 5.74) is 3.50. The second-order valence-corrected chi connectivity index (χ2v) is 8.00.